The summed E-state index contributed by atoms with van der Waals surface area (Å²) in [7, 11) is 0. The van der Waals surface area contributed by atoms with E-state index in [4.69, 9.17) is 0 Å². The van der Waals surface area contributed by atoms with Gasteiger partial charge in [-0.1, -0.05) is 32.1 Å². The van der Waals surface area contributed by atoms with Gasteiger partial charge in [0.25, 0.3) is 0 Å². The number of carbonyl (C=O) groups is 1. The third kappa shape index (κ3) is 4.10. The first kappa shape index (κ1) is 16.3. The van der Waals surface area contributed by atoms with Gasteiger partial charge in [0.1, 0.15) is 5.01 Å². The molecule has 1 aromatic rings. The highest BCUT2D eigenvalue weighted by Crippen LogP contribution is 2.27. The Kier molecular flexibility index (Phi) is 5.26. The quantitative estimate of drug-likeness (QED) is 0.756. The lowest BCUT2D eigenvalue weighted by atomic mass is 9.98. The maximum Gasteiger partial charge on any atom is 0.243 e. The van der Waals surface area contributed by atoms with Crippen LogP contribution in [0.1, 0.15) is 32.2 Å². The number of aliphatic hydroxyl groups excluding tert-OH is 1. The Balaban J connectivity index is 0.00000180. The molecule has 2 rings (SSSR count). The highest BCUT2D eigenvalue weighted by molar-refractivity contribution is 7.15. The fraction of sp³-hybridized carbons (Fsp3) is 0.727. The Bertz CT molecular complexity index is 446. The van der Waals surface area contributed by atoms with Crippen LogP contribution in [0.3, 0.4) is 0 Å². The molecule has 1 aromatic heterocycles. The highest BCUT2D eigenvalue weighted by Gasteiger charge is 2.29. The van der Waals surface area contributed by atoms with Crippen molar-refractivity contribution in [2.24, 2.45) is 0 Å². The molecule has 8 heteroatoms. The van der Waals surface area contributed by atoms with Crippen molar-refractivity contribution >= 4 is 34.8 Å². The van der Waals surface area contributed by atoms with E-state index in [9.17, 15) is 9.90 Å². The van der Waals surface area contributed by atoms with Crippen molar-refractivity contribution < 1.29 is 9.90 Å². The molecular formula is C11H19ClN4O2S. The SMILES string of the molecule is CC(C)(C)c1nnc(NC(=O)[C@@H]2C[C@@H](O)CN2)s1.Cl. The van der Waals surface area contributed by atoms with Crippen molar-refractivity contribution in [3.63, 3.8) is 0 Å². The molecule has 1 fully saturated rings. The van der Waals surface area contributed by atoms with Gasteiger partial charge in [0.05, 0.1) is 12.1 Å². The smallest absolute Gasteiger partial charge is 0.243 e. The maximum atomic E-state index is 11.9. The van der Waals surface area contributed by atoms with E-state index in [0.717, 1.165) is 5.01 Å². The molecule has 2 atom stereocenters. The van der Waals surface area contributed by atoms with Crippen LogP contribution in [-0.2, 0) is 10.2 Å². The van der Waals surface area contributed by atoms with E-state index in [1.807, 2.05) is 20.8 Å². The van der Waals surface area contributed by atoms with Gasteiger partial charge in [0.15, 0.2) is 0 Å². The van der Waals surface area contributed by atoms with E-state index in [1.54, 1.807) is 0 Å². The molecule has 3 N–H and O–H groups in total. The zero-order valence-corrected chi connectivity index (χ0v) is 12.8. The standard InChI is InChI=1S/C11H18N4O2S.ClH/c1-11(2,3)9-14-15-10(18-9)13-8(17)7-4-6(16)5-12-7;/h6-7,12,16H,4-5H2,1-3H3,(H,13,15,17);1H/t6-,7+;/m1./s1. The molecule has 6 nitrogen and oxygen atoms in total. The number of nitrogens with one attached hydrogen (secondary N) is 2. The molecule has 0 saturated carbocycles. The number of β-amino-alcohol motifs (C(OH)–C–C–N with tert-alkyl or cyclic N) is 1. The van der Waals surface area contributed by atoms with Crippen LogP contribution >= 0.6 is 23.7 Å². The second-order valence-corrected chi connectivity index (χ2v) is 6.48. The van der Waals surface area contributed by atoms with E-state index in [1.165, 1.54) is 11.3 Å². The van der Waals surface area contributed by atoms with Gasteiger partial charge in [0, 0.05) is 12.0 Å². The van der Waals surface area contributed by atoms with Crippen molar-refractivity contribution in [3.8, 4) is 0 Å². The summed E-state index contributed by atoms with van der Waals surface area (Å²) in [5.41, 5.74) is -0.0670. The van der Waals surface area contributed by atoms with Crippen LogP contribution in [0.5, 0.6) is 0 Å². The molecule has 0 aromatic carbocycles. The van der Waals surface area contributed by atoms with E-state index < -0.39 is 6.10 Å². The highest BCUT2D eigenvalue weighted by atomic mass is 35.5. The summed E-state index contributed by atoms with van der Waals surface area (Å²) in [6.07, 6.45) is -0.00293. The van der Waals surface area contributed by atoms with E-state index >= 15 is 0 Å². The van der Waals surface area contributed by atoms with Crippen LogP contribution in [0.25, 0.3) is 0 Å². The van der Waals surface area contributed by atoms with Gasteiger partial charge in [0.2, 0.25) is 11.0 Å². The topological polar surface area (TPSA) is 87.1 Å². The zero-order chi connectivity index (χ0) is 13.3. The number of nitrogens with zero attached hydrogens (tertiary/aromatic N) is 2. The molecule has 0 aliphatic carbocycles. The van der Waals surface area contributed by atoms with Crippen LogP contribution in [0, 0.1) is 0 Å². The number of halogens is 1. The van der Waals surface area contributed by atoms with Gasteiger partial charge in [-0.3, -0.25) is 10.1 Å². The first-order chi connectivity index (χ1) is 8.36. The molecule has 1 saturated heterocycles. The molecule has 108 valence electrons. The third-order valence-corrected chi connectivity index (χ3v) is 3.99. The number of aromatic nitrogens is 2. The van der Waals surface area contributed by atoms with E-state index in [2.05, 4.69) is 20.8 Å². The largest absolute Gasteiger partial charge is 0.392 e. The second-order valence-electron chi connectivity index (χ2n) is 5.50. The number of rotatable bonds is 2. The molecule has 0 unspecified atom stereocenters. The number of anilines is 1. The summed E-state index contributed by atoms with van der Waals surface area (Å²) in [4.78, 5) is 11.9. The molecule has 1 amide bonds. The molecule has 1 aliphatic heterocycles. The van der Waals surface area contributed by atoms with Crippen LogP contribution < -0.4 is 10.6 Å². The lowest BCUT2D eigenvalue weighted by molar-refractivity contribution is -0.117. The number of hydrogen-bond donors (Lipinski definition) is 3. The molecular weight excluding hydrogens is 288 g/mol. The summed E-state index contributed by atoms with van der Waals surface area (Å²) in [6, 6.07) is -0.345. The zero-order valence-electron chi connectivity index (χ0n) is 11.1. The first-order valence-electron chi connectivity index (χ1n) is 5.92. The Hall–Kier alpha value is -0.760. The fourth-order valence-corrected chi connectivity index (χ4v) is 2.49. The predicted octanol–water partition coefficient (Wildman–Crippen LogP) is 0.919. The maximum absolute atomic E-state index is 11.9. The van der Waals surface area contributed by atoms with Gasteiger partial charge in [-0.15, -0.1) is 22.6 Å². The van der Waals surface area contributed by atoms with Gasteiger partial charge < -0.3 is 10.4 Å². The molecule has 1 aliphatic rings. The van der Waals surface area contributed by atoms with Crippen molar-refractivity contribution in [1.29, 1.82) is 0 Å². The van der Waals surface area contributed by atoms with Crippen LogP contribution in [0.2, 0.25) is 0 Å². The summed E-state index contributed by atoms with van der Waals surface area (Å²) >= 11 is 1.38. The average Bonchev–Trinajstić information content (AvgIpc) is 2.85. The van der Waals surface area contributed by atoms with Gasteiger partial charge in [-0.05, 0) is 6.42 Å². The minimum absolute atomic E-state index is 0. The van der Waals surface area contributed by atoms with Crippen LogP contribution in [0.15, 0.2) is 0 Å². The number of carbonyl (C=O) groups excluding carboxylic acids is 1. The number of hydrogen-bond acceptors (Lipinski definition) is 6. The van der Waals surface area contributed by atoms with Crippen molar-refractivity contribution in [2.45, 2.75) is 44.8 Å². The van der Waals surface area contributed by atoms with Gasteiger partial charge in [-0.2, -0.15) is 0 Å². The summed E-state index contributed by atoms with van der Waals surface area (Å²) in [6.45, 7) is 6.61. The van der Waals surface area contributed by atoms with E-state index in [-0.39, 0.29) is 29.8 Å². The second kappa shape index (κ2) is 6.13. The number of aliphatic hydroxyl groups is 1. The minimum atomic E-state index is -0.444. The first-order valence-corrected chi connectivity index (χ1v) is 6.74. The normalized spacial score (nSPS) is 22.9. The summed E-state index contributed by atoms with van der Waals surface area (Å²) < 4.78 is 0. The average molecular weight is 307 g/mol. The molecule has 19 heavy (non-hydrogen) atoms. The molecule has 0 radical (unpaired) electrons. The Morgan fingerprint density at radius 2 is 2.16 bits per heavy atom. The van der Waals surface area contributed by atoms with Crippen molar-refractivity contribution in [3.05, 3.63) is 5.01 Å². The molecule has 0 bridgehead atoms. The Morgan fingerprint density at radius 1 is 1.47 bits per heavy atom. The van der Waals surface area contributed by atoms with Gasteiger partial charge >= 0.3 is 0 Å². The third-order valence-electron chi connectivity index (χ3n) is 2.72. The van der Waals surface area contributed by atoms with Crippen LogP contribution in [0.4, 0.5) is 5.13 Å². The summed E-state index contributed by atoms with van der Waals surface area (Å²) in [5, 5.41) is 24.5. The Labute approximate surface area is 122 Å². The summed E-state index contributed by atoms with van der Waals surface area (Å²) in [5.74, 6) is -0.164. The van der Waals surface area contributed by atoms with Gasteiger partial charge in [-0.25, -0.2) is 0 Å². The van der Waals surface area contributed by atoms with E-state index in [0.29, 0.717) is 18.1 Å². The molecule has 0 spiro atoms. The lowest BCUT2D eigenvalue weighted by Gasteiger charge is -2.12. The van der Waals surface area contributed by atoms with Crippen LogP contribution in [-0.4, -0.2) is 39.9 Å². The lowest BCUT2D eigenvalue weighted by Crippen LogP contribution is -2.35. The minimum Gasteiger partial charge on any atom is -0.392 e. The predicted molar refractivity (Wildman–Crippen MR) is 76.9 cm³/mol. The molecule has 2 heterocycles. The monoisotopic (exact) mass is 306 g/mol. The van der Waals surface area contributed by atoms with Crippen molar-refractivity contribution in [2.75, 3.05) is 11.9 Å². The van der Waals surface area contributed by atoms with Crippen molar-refractivity contribution in [1.82, 2.24) is 15.5 Å². The fourth-order valence-electron chi connectivity index (χ4n) is 1.69. The Morgan fingerprint density at radius 3 is 2.63 bits per heavy atom. The number of amides is 1.